The molecule has 7 nitrogen and oxygen atoms in total. The summed E-state index contributed by atoms with van der Waals surface area (Å²) < 4.78 is 3.77. The number of pyridine rings is 2. The number of imidazole rings is 1. The number of nitrogens with one attached hydrogen (secondary N) is 1. The number of aryl methyl sites for hydroxylation is 1. The van der Waals surface area contributed by atoms with Crippen molar-refractivity contribution in [3.63, 3.8) is 0 Å². The SMILES string of the molecule is Cc1ccn2c(NC(=O)c3ccc(SCc4cn5ccccc5n4)cc3)nnc2c1. The maximum absolute atomic E-state index is 12.6. The average Bonchev–Trinajstić information content (AvgIpc) is 3.36. The van der Waals surface area contributed by atoms with Crippen LogP contribution >= 0.6 is 11.8 Å². The van der Waals surface area contributed by atoms with E-state index in [1.807, 2.05) is 84.5 Å². The predicted octanol–water partition coefficient (Wildman–Crippen LogP) is 4.23. The second-order valence-electron chi connectivity index (χ2n) is 6.92. The quantitative estimate of drug-likeness (QED) is 0.436. The first-order valence-corrected chi connectivity index (χ1v) is 10.4. The molecular weight excluding hydrogens is 396 g/mol. The number of aromatic nitrogens is 5. The first kappa shape index (κ1) is 18.4. The van der Waals surface area contributed by atoms with Crippen molar-refractivity contribution in [3.8, 4) is 0 Å². The van der Waals surface area contributed by atoms with Gasteiger partial charge >= 0.3 is 0 Å². The Bertz CT molecular complexity index is 1320. The summed E-state index contributed by atoms with van der Waals surface area (Å²) in [7, 11) is 0. The van der Waals surface area contributed by atoms with Gasteiger partial charge in [0.05, 0.1) is 5.69 Å². The Balaban J connectivity index is 1.25. The number of hydrogen-bond acceptors (Lipinski definition) is 5. The second-order valence-corrected chi connectivity index (χ2v) is 7.97. The third kappa shape index (κ3) is 3.65. The highest BCUT2D eigenvalue weighted by Crippen LogP contribution is 2.23. The predicted molar refractivity (Wildman–Crippen MR) is 117 cm³/mol. The van der Waals surface area contributed by atoms with E-state index in [-0.39, 0.29) is 5.91 Å². The molecule has 30 heavy (non-hydrogen) atoms. The molecule has 8 heteroatoms. The normalized spacial score (nSPS) is 11.2. The van der Waals surface area contributed by atoms with Crippen molar-refractivity contribution in [2.24, 2.45) is 0 Å². The molecule has 1 N–H and O–H groups in total. The van der Waals surface area contributed by atoms with Crippen LogP contribution in [0.4, 0.5) is 5.95 Å². The molecule has 0 atom stereocenters. The van der Waals surface area contributed by atoms with Crippen LogP contribution in [0.25, 0.3) is 11.3 Å². The molecular formula is C22H18N6OS. The molecule has 0 spiro atoms. The number of fused-ring (bicyclic) bond motifs is 2. The van der Waals surface area contributed by atoms with Crippen molar-refractivity contribution in [1.82, 2.24) is 24.0 Å². The van der Waals surface area contributed by atoms with Gasteiger partial charge in [0.25, 0.3) is 5.91 Å². The van der Waals surface area contributed by atoms with E-state index in [9.17, 15) is 4.79 Å². The molecule has 0 aliphatic rings. The zero-order valence-corrected chi connectivity index (χ0v) is 17.0. The van der Waals surface area contributed by atoms with Gasteiger partial charge in [-0.15, -0.1) is 22.0 Å². The summed E-state index contributed by atoms with van der Waals surface area (Å²) in [5.74, 6) is 0.945. The van der Waals surface area contributed by atoms with Crippen LogP contribution in [-0.2, 0) is 5.75 Å². The third-order valence-electron chi connectivity index (χ3n) is 4.71. The Labute approximate surface area is 176 Å². The molecule has 1 aromatic carbocycles. The number of carbonyl (C=O) groups excluding carboxylic acids is 1. The van der Waals surface area contributed by atoms with Gasteiger partial charge in [-0.05, 0) is 61.0 Å². The molecule has 0 fully saturated rings. The Hall–Kier alpha value is -3.65. The highest BCUT2D eigenvalue weighted by Gasteiger charge is 2.11. The number of benzene rings is 1. The van der Waals surface area contributed by atoms with Gasteiger partial charge in [0, 0.05) is 34.8 Å². The lowest BCUT2D eigenvalue weighted by Gasteiger charge is -2.05. The van der Waals surface area contributed by atoms with Crippen LogP contribution in [0.2, 0.25) is 0 Å². The number of rotatable bonds is 5. The monoisotopic (exact) mass is 414 g/mol. The van der Waals surface area contributed by atoms with Gasteiger partial charge in [-0.25, -0.2) is 4.98 Å². The van der Waals surface area contributed by atoms with Crippen molar-refractivity contribution < 1.29 is 4.79 Å². The molecule has 0 aliphatic heterocycles. The fourth-order valence-electron chi connectivity index (χ4n) is 3.17. The number of nitrogens with zero attached hydrogens (tertiary/aromatic N) is 5. The second kappa shape index (κ2) is 7.64. The minimum Gasteiger partial charge on any atom is -0.307 e. The van der Waals surface area contributed by atoms with Gasteiger partial charge < -0.3 is 4.40 Å². The van der Waals surface area contributed by atoms with E-state index in [1.54, 1.807) is 16.2 Å². The van der Waals surface area contributed by atoms with Crippen LogP contribution in [0.1, 0.15) is 21.6 Å². The summed E-state index contributed by atoms with van der Waals surface area (Å²) in [6.07, 6.45) is 5.87. The number of carbonyl (C=O) groups is 1. The van der Waals surface area contributed by atoms with Crippen molar-refractivity contribution >= 4 is 34.9 Å². The van der Waals surface area contributed by atoms with Crippen LogP contribution in [0.5, 0.6) is 0 Å². The summed E-state index contributed by atoms with van der Waals surface area (Å²) in [6.45, 7) is 1.99. The van der Waals surface area contributed by atoms with E-state index in [2.05, 4.69) is 20.5 Å². The zero-order valence-electron chi connectivity index (χ0n) is 16.2. The summed E-state index contributed by atoms with van der Waals surface area (Å²) in [5, 5.41) is 11.0. The molecule has 148 valence electrons. The molecule has 4 aromatic heterocycles. The Morgan fingerprint density at radius 2 is 1.90 bits per heavy atom. The highest BCUT2D eigenvalue weighted by atomic mass is 32.2. The summed E-state index contributed by atoms with van der Waals surface area (Å²) in [6, 6.07) is 17.3. The average molecular weight is 414 g/mol. The fraction of sp³-hybridized carbons (Fsp3) is 0.0909. The van der Waals surface area contributed by atoms with Gasteiger partial charge in [0.15, 0.2) is 5.65 Å². The van der Waals surface area contributed by atoms with Crippen molar-refractivity contribution in [2.45, 2.75) is 17.6 Å². The maximum atomic E-state index is 12.6. The molecule has 4 heterocycles. The van der Waals surface area contributed by atoms with E-state index in [0.717, 1.165) is 27.6 Å². The van der Waals surface area contributed by atoms with Gasteiger partial charge in [-0.3, -0.25) is 14.5 Å². The first-order chi connectivity index (χ1) is 14.7. The van der Waals surface area contributed by atoms with Crippen LogP contribution in [0.15, 0.2) is 78.1 Å². The molecule has 0 bridgehead atoms. The van der Waals surface area contributed by atoms with Gasteiger partial charge in [0.1, 0.15) is 5.65 Å². The molecule has 0 saturated carbocycles. The maximum Gasteiger partial charge on any atom is 0.258 e. The molecule has 0 aliphatic carbocycles. The van der Waals surface area contributed by atoms with E-state index in [0.29, 0.717) is 17.2 Å². The van der Waals surface area contributed by atoms with Crippen molar-refractivity contribution in [2.75, 3.05) is 5.32 Å². The highest BCUT2D eigenvalue weighted by molar-refractivity contribution is 7.98. The van der Waals surface area contributed by atoms with Crippen LogP contribution < -0.4 is 5.32 Å². The fourth-order valence-corrected chi connectivity index (χ4v) is 3.95. The topological polar surface area (TPSA) is 76.6 Å². The molecule has 0 unspecified atom stereocenters. The minimum absolute atomic E-state index is 0.221. The van der Waals surface area contributed by atoms with Crippen molar-refractivity contribution in [3.05, 3.63) is 90.0 Å². The van der Waals surface area contributed by atoms with Crippen molar-refractivity contribution in [1.29, 1.82) is 0 Å². The minimum atomic E-state index is -0.221. The molecule has 5 aromatic rings. The smallest absolute Gasteiger partial charge is 0.258 e. The molecule has 1 amide bonds. The number of amides is 1. The van der Waals surface area contributed by atoms with E-state index in [4.69, 9.17) is 0 Å². The van der Waals surface area contributed by atoms with E-state index in [1.165, 1.54) is 0 Å². The standard InChI is InChI=1S/C22H18N6OS/c1-15-9-11-28-20(12-15)25-26-22(28)24-21(29)16-5-7-18(8-6-16)30-14-17-13-27-10-3-2-4-19(27)23-17/h2-13H,14H2,1H3,(H,24,26,29). The van der Waals surface area contributed by atoms with Gasteiger partial charge in [-0.1, -0.05) is 6.07 Å². The molecule has 5 rings (SSSR count). The lowest BCUT2D eigenvalue weighted by Crippen LogP contribution is -2.14. The Kier molecular flexibility index (Phi) is 4.68. The lowest BCUT2D eigenvalue weighted by molar-refractivity contribution is 0.102. The Morgan fingerprint density at radius 3 is 2.73 bits per heavy atom. The number of anilines is 1. The van der Waals surface area contributed by atoms with Crippen LogP contribution in [-0.4, -0.2) is 29.9 Å². The molecule has 0 radical (unpaired) electrons. The summed E-state index contributed by atoms with van der Waals surface area (Å²) >= 11 is 1.68. The van der Waals surface area contributed by atoms with E-state index < -0.39 is 0 Å². The van der Waals surface area contributed by atoms with Gasteiger partial charge in [-0.2, -0.15) is 0 Å². The number of thioether (sulfide) groups is 1. The molecule has 0 saturated heterocycles. The Morgan fingerprint density at radius 1 is 1.03 bits per heavy atom. The largest absolute Gasteiger partial charge is 0.307 e. The van der Waals surface area contributed by atoms with Gasteiger partial charge in [0.2, 0.25) is 5.95 Å². The van der Waals surface area contributed by atoms with Crippen LogP contribution in [0, 0.1) is 6.92 Å². The van der Waals surface area contributed by atoms with E-state index >= 15 is 0 Å². The van der Waals surface area contributed by atoms with Crippen LogP contribution in [0.3, 0.4) is 0 Å². The summed E-state index contributed by atoms with van der Waals surface area (Å²) in [4.78, 5) is 18.3. The lowest BCUT2D eigenvalue weighted by atomic mass is 10.2. The zero-order chi connectivity index (χ0) is 20.5. The summed E-state index contributed by atoms with van der Waals surface area (Å²) in [5.41, 5.74) is 4.31. The third-order valence-corrected chi connectivity index (χ3v) is 5.75. The first-order valence-electron chi connectivity index (χ1n) is 9.44. The number of hydrogen-bond donors (Lipinski definition) is 1.